The zero-order valence-electron chi connectivity index (χ0n) is 15.1. The van der Waals surface area contributed by atoms with Crippen LogP contribution in [0.1, 0.15) is 34.3 Å². The molecule has 0 N–H and O–H groups in total. The third-order valence-corrected chi connectivity index (χ3v) is 4.83. The monoisotopic (exact) mass is 353 g/mol. The molecule has 1 aliphatic heterocycles. The highest BCUT2D eigenvalue weighted by Crippen LogP contribution is 2.26. The third-order valence-electron chi connectivity index (χ3n) is 4.83. The van der Waals surface area contributed by atoms with Crippen molar-refractivity contribution in [3.63, 3.8) is 0 Å². The van der Waals surface area contributed by atoms with Crippen molar-refractivity contribution in [1.82, 2.24) is 4.90 Å². The summed E-state index contributed by atoms with van der Waals surface area (Å²) in [6, 6.07) is 12.7. The number of benzene rings is 2. The molecule has 1 fully saturated rings. The Morgan fingerprint density at radius 1 is 1.19 bits per heavy atom. The molecule has 0 atom stereocenters. The lowest BCUT2D eigenvalue weighted by Gasteiger charge is -2.24. The zero-order valence-corrected chi connectivity index (χ0v) is 15.1. The molecule has 1 heterocycles. The zero-order chi connectivity index (χ0) is 18.7. The predicted octanol–water partition coefficient (Wildman–Crippen LogP) is 3.78. The van der Waals surface area contributed by atoms with Gasteiger partial charge < -0.3 is 9.80 Å². The molecule has 0 radical (unpaired) electrons. The van der Waals surface area contributed by atoms with E-state index in [4.69, 9.17) is 0 Å². The van der Waals surface area contributed by atoms with Gasteiger partial charge in [-0.05, 0) is 43.5 Å². The minimum atomic E-state index is -0.431. The Hall–Kier alpha value is -2.89. The van der Waals surface area contributed by atoms with Crippen LogP contribution in [-0.2, 0) is 6.54 Å². The van der Waals surface area contributed by atoms with Gasteiger partial charge in [-0.1, -0.05) is 18.2 Å². The van der Waals surface area contributed by atoms with Crippen molar-refractivity contribution in [3.05, 3.63) is 69.3 Å². The van der Waals surface area contributed by atoms with Crippen molar-refractivity contribution < 1.29 is 9.72 Å². The molecule has 0 aromatic heterocycles. The van der Waals surface area contributed by atoms with Crippen LogP contribution < -0.4 is 4.90 Å². The number of carbonyl (C=O) groups is 1. The van der Waals surface area contributed by atoms with Gasteiger partial charge in [0, 0.05) is 49.6 Å². The van der Waals surface area contributed by atoms with E-state index in [9.17, 15) is 14.9 Å². The van der Waals surface area contributed by atoms with Gasteiger partial charge in [-0.25, -0.2) is 0 Å². The van der Waals surface area contributed by atoms with Crippen molar-refractivity contribution in [2.75, 3.05) is 25.0 Å². The molecule has 1 saturated heterocycles. The molecule has 1 aliphatic rings. The van der Waals surface area contributed by atoms with Gasteiger partial charge in [0.2, 0.25) is 0 Å². The summed E-state index contributed by atoms with van der Waals surface area (Å²) in [4.78, 5) is 27.3. The normalized spacial score (nSPS) is 13.7. The molecular weight excluding hydrogens is 330 g/mol. The lowest BCUT2D eigenvalue weighted by molar-refractivity contribution is -0.385. The Kier molecular flexibility index (Phi) is 5.21. The number of nitro benzene ring substituents is 1. The number of carbonyl (C=O) groups excluding carboxylic acids is 1. The highest BCUT2D eigenvalue weighted by molar-refractivity contribution is 5.94. The fourth-order valence-electron chi connectivity index (χ4n) is 3.45. The summed E-state index contributed by atoms with van der Waals surface area (Å²) in [5.41, 5.74) is 3.29. The minimum absolute atomic E-state index is 0.0311. The van der Waals surface area contributed by atoms with Crippen LogP contribution >= 0.6 is 0 Å². The standard InChI is InChI=1S/C20H23N3O3/c1-15-13-16(9-10-18(15)23(25)26)20(24)21(2)14-17-7-3-4-8-19(17)22-11-5-6-12-22/h3-4,7-10,13H,5-6,11-12,14H2,1-2H3. The Morgan fingerprint density at radius 3 is 2.54 bits per heavy atom. The number of rotatable bonds is 5. The summed E-state index contributed by atoms with van der Waals surface area (Å²) in [5.74, 6) is -0.140. The molecule has 0 spiro atoms. The number of anilines is 1. The number of para-hydroxylation sites is 1. The predicted molar refractivity (Wildman–Crippen MR) is 102 cm³/mol. The van der Waals surface area contributed by atoms with Gasteiger partial charge in [-0.3, -0.25) is 14.9 Å². The minimum Gasteiger partial charge on any atom is -0.371 e. The molecule has 6 nitrogen and oxygen atoms in total. The van der Waals surface area contributed by atoms with E-state index in [1.807, 2.05) is 12.1 Å². The van der Waals surface area contributed by atoms with Crippen LogP contribution in [0, 0.1) is 17.0 Å². The molecule has 6 heteroatoms. The van der Waals surface area contributed by atoms with Crippen molar-refractivity contribution in [2.24, 2.45) is 0 Å². The highest BCUT2D eigenvalue weighted by Gasteiger charge is 2.20. The van der Waals surface area contributed by atoms with Crippen LogP contribution in [0.5, 0.6) is 0 Å². The van der Waals surface area contributed by atoms with E-state index in [0.717, 1.165) is 18.7 Å². The van der Waals surface area contributed by atoms with Crippen molar-refractivity contribution in [3.8, 4) is 0 Å². The summed E-state index contributed by atoms with van der Waals surface area (Å²) in [7, 11) is 1.76. The maximum absolute atomic E-state index is 12.8. The molecule has 0 unspecified atom stereocenters. The molecule has 0 aliphatic carbocycles. The Balaban J connectivity index is 1.78. The Labute approximate surface area is 153 Å². The fourth-order valence-corrected chi connectivity index (χ4v) is 3.45. The van der Waals surface area contributed by atoms with Crippen LogP contribution in [0.2, 0.25) is 0 Å². The summed E-state index contributed by atoms with van der Waals surface area (Å²) in [5, 5.41) is 10.9. The van der Waals surface area contributed by atoms with E-state index in [2.05, 4.69) is 17.0 Å². The number of amides is 1. The highest BCUT2D eigenvalue weighted by atomic mass is 16.6. The van der Waals surface area contributed by atoms with Crippen molar-refractivity contribution in [2.45, 2.75) is 26.3 Å². The van der Waals surface area contributed by atoms with Crippen LogP contribution in [0.15, 0.2) is 42.5 Å². The van der Waals surface area contributed by atoms with E-state index >= 15 is 0 Å². The van der Waals surface area contributed by atoms with Gasteiger partial charge in [0.05, 0.1) is 4.92 Å². The number of hydrogen-bond acceptors (Lipinski definition) is 4. The summed E-state index contributed by atoms with van der Waals surface area (Å²) in [6.45, 7) is 4.26. The average molecular weight is 353 g/mol. The second-order valence-electron chi connectivity index (χ2n) is 6.74. The first-order valence-electron chi connectivity index (χ1n) is 8.80. The molecule has 0 bridgehead atoms. The van der Waals surface area contributed by atoms with E-state index < -0.39 is 4.92 Å². The maximum Gasteiger partial charge on any atom is 0.272 e. The van der Waals surface area contributed by atoms with E-state index in [0.29, 0.717) is 17.7 Å². The van der Waals surface area contributed by atoms with E-state index in [-0.39, 0.29) is 11.6 Å². The molecule has 3 rings (SSSR count). The van der Waals surface area contributed by atoms with Crippen LogP contribution in [0.3, 0.4) is 0 Å². The van der Waals surface area contributed by atoms with E-state index in [1.54, 1.807) is 24.9 Å². The first-order valence-corrected chi connectivity index (χ1v) is 8.80. The fraction of sp³-hybridized carbons (Fsp3) is 0.350. The van der Waals surface area contributed by atoms with Gasteiger partial charge in [0.15, 0.2) is 0 Å². The smallest absolute Gasteiger partial charge is 0.272 e. The first-order chi connectivity index (χ1) is 12.5. The molecule has 2 aromatic carbocycles. The molecule has 26 heavy (non-hydrogen) atoms. The lowest BCUT2D eigenvalue weighted by Crippen LogP contribution is -2.28. The van der Waals surface area contributed by atoms with Gasteiger partial charge in [-0.15, -0.1) is 0 Å². The van der Waals surface area contributed by atoms with Gasteiger partial charge >= 0.3 is 0 Å². The number of nitro groups is 1. The third kappa shape index (κ3) is 3.69. The van der Waals surface area contributed by atoms with Crippen molar-refractivity contribution in [1.29, 1.82) is 0 Å². The van der Waals surface area contributed by atoms with Gasteiger partial charge in [-0.2, -0.15) is 0 Å². The topological polar surface area (TPSA) is 66.7 Å². The molecule has 0 saturated carbocycles. The van der Waals surface area contributed by atoms with Gasteiger partial charge in [0.25, 0.3) is 11.6 Å². The van der Waals surface area contributed by atoms with Crippen LogP contribution in [0.4, 0.5) is 11.4 Å². The van der Waals surface area contributed by atoms with Crippen LogP contribution in [-0.4, -0.2) is 35.9 Å². The molecule has 136 valence electrons. The van der Waals surface area contributed by atoms with E-state index in [1.165, 1.54) is 30.7 Å². The number of aryl methyl sites for hydroxylation is 1. The second-order valence-corrected chi connectivity index (χ2v) is 6.74. The number of nitrogens with zero attached hydrogens (tertiary/aromatic N) is 3. The molecule has 1 amide bonds. The summed E-state index contributed by atoms with van der Waals surface area (Å²) >= 11 is 0. The van der Waals surface area contributed by atoms with Gasteiger partial charge in [0.1, 0.15) is 0 Å². The molecular formula is C20H23N3O3. The maximum atomic E-state index is 12.8. The average Bonchev–Trinajstić information content (AvgIpc) is 3.15. The Morgan fingerprint density at radius 2 is 1.88 bits per heavy atom. The quantitative estimate of drug-likeness (QED) is 0.606. The summed E-state index contributed by atoms with van der Waals surface area (Å²) in [6.07, 6.45) is 2.40. The largest absolute Gasteiger partial charge is 0.371 e. The summed E-state index contributed by atoms with van der Waals surface area (Å²) < 4.78 is 0. The SMILES string of the molecule is Cc1cc(C(=O)N(C)Cc2ccccc2N2CCCC2)ccc1[N+](=O)[O-]. The first kappa shape index (κ1) is 17.9. The van der Waals surface area contributed by atoms with Crippen LogP contribution in [0.25, 0.3) is 0 Å². The molecule has 2 aromatic rings. The number of hydrogen-bond donors (Lipinski definition) is 0. The second kappa shape index (κ2) is 7.56. The Bertz CT molecular complexity index is 829. The van der Waals surface area contributed by atoms with Crippen molar-refractivity contribution >= 4 is 17.3 Å². The lowest BCUT2D eigenvalue weighted by atomic mass is 10.1.